The lowest BCUT2D eigenvalue weighted by molar-refractivity contribution is 0.164. The fourth-order valence-electron chi connectivity index (χ4n) is 4.40. The molecule has 5 rings (SSSR count). The molecule has 1 atom stereocenters. The average molecular weight is 350 g/mol. The summed E-state index contributed by atoms with van der Waals surface area (Å²) in [5.74, 6) is 1.80. The summed E-state index contributed by atoms with van der Waals surface area (Å²) in [6.45, 7) is 6.24. The second-order valence-electron chi connectivity index (χ2n) is 7.68. The van der Waals surface area contributed by atoms with E-state index in [4.69, 9.17) is 10.1 Å². The molecule has 26 heavy (non-hydrogen) atoms. The van der Waals surface area contributed by atoms with Gasteiger partial charge in [-0.15, -0.1) is 0 Å². The van der Waals surface area contributed by atoms with Crippen molar-refractivity contribution in [1.82, 2.24) is 30.0 Å². The van der Waals surface area contributed by atoms with Crippen molar-refractivity contribution in [1.29, 1.82) is 0 Å². The number of aromatic amines is 1. The summed E-state index contributed by atoms with van der Waals surface area (Å²) in [4.78, 5) is 10.8. The van der Waals surface area contributed by atoms with Crippen LogP contribution in [-0.2, 0) is 26.1 Å². The van der Waals surface area contributed by atoms with Crippen LogP contribution in [0.3, 0.4) is 0 Å². The van der Waals surface area contributed by atoms with Crippen LogP contribution in [-0.4, -0.2) is 44.3 Å². The fourth-order valence-corrected chi connectivity index (χ4v) is 4.40. The van der Waals surface area contributed by atoms with Crippen molar-refractivity contribution in [3.8, 4) is 0 Å². The molecular weight excluding hydrogens is 324 g/mol. The molecule has 136 valence electrons. The van der Waals surface area contributed by atoms with Crippen LogP contribution < -0.4 is 5.32 Å². The first-order valence-electron chi connectivity index (χ1n) is 9.76. The molecule has 0 saturated carbocycles. The van der Waals surface area contributed by atoms with Crippen LogP contribution in [0.1, 0.15) is 30.1 Å². The van der Waals surface area contributed by atoms with E-state index in [1.54, 1.807) is 0 Å². The molecule has 1 fully saturated rings. The molecule has 0 amide bonds. The highest BCUT2D eigenvalue weighted by molar-refractivity contribution is 5.74. The molecule has 2 N–H and O–H groups in total. The predicted molar refractivity (Wildman–Crippen MR) is 102 cm³/mol. The van der Waals surface area contributed by atoms with Crippen LogP contribution in [0, 0.1) is 5.92 Å². The third-order valence-electron chi connectivity index (χ3n) is 5.63. The van der Waals surface area contributed by atoms with Gasteiger partial charge in [0.15, 0.2) is 0 Å². The lowest BCUT2D eigenvalue weighted by atomic mass is 9.94. The smallest absolute Gasteiger partial charge is 0.107 e. The quantitative estimate of drug-likeness (QED) is 0.758. The van der Waals surface area contributed by atoms with Gasteiger partial charge < -0.3 is 10.3 Å². The Kier molecular flexibility index (Phi) is 4.22. The Labute approximate surface area is 153 Å². The number of rotatable bonds is 4. The molecule has 0 unspecified atom stereocenters. The van der Waals surface area contributed by atoms with E-state index < -0.39 is 0 Å². The van der Waals surface area contributed by atoms with Crippen LogP contribution in [0.15, 0.2) is 30.3 Å². The molecule has 3 aromatic rings. The number of hydrogen-bond acceptors (Lipinski definition) is 4. The zero-order valence-corrected chi connectivity index (χ0v) is 15.1. The molecular formula is C20H26N6. The summed E-state index contributed by atoms with van der Waals surface area (Å²) in [7, 11) is 0. The Balaban J connectivity index is 1.24. The van der Waals surface area contributed by atoms with Crippen LogP contribution >= 0.6 is 0 Å². The molecule has 2 aliphatic rings. The van der Waals surface area contributed by atoms with E-state index in [1.807, 2.05) is 0 Å². The topological polar surface area (TPSA) is 61.8 Å². The monoisotopic (exact) mass is 350 g/mol. The van der Waals surface area contributed by atoms with Gasteiger partial charge in [-0.25, -0.2) is 4.98 Å². The molecule has 6 heteroatoms. The van der Waals surface area contributed by atoms with E-state index in [1.165, 1.54) is 30.8 Å². The Bertz CT molecular complexity index is 838. The minimum absolute atomic E-state index is 0.670. The van der Waals surface area contributed by atoms with Gasteiger partial charge >= 0.3 is 0 Å². The summed E-state index contributed by atoms with van der Waals surface area (Å²) in [5, 5.41) is 8.22. The number of para-hydroxylation sites is 2. The van der Waals surface area contributed by atoms with Gasteiger partial charge in [-0.2, -0.15) is 5.10 Å². The van der Waals surface area contributed by atoms with Gasteiger partial charge in [-0.05, 0) is 43.5 Å². The minimum atomic E-state index is 0.670. The number of aromatic nitrogens is 4. The number of nitrogens with zero attached hydrogens (tertiary/aromatic N) is 4. The highest BCUT2D eigenvalue weighted by Crippen LogP contribution is 2.23. The number of benzene rings is 1. The first kappa shape index (κ1) is 16.0. The maximum Gasteiger partial charge on any atom is 0.107 e. The number of H-pyrrole nitrogens is 1. The predicted octanol–water partition coefficient (Wildman–Crippen LogP) is 2.32. The van der Waals surface area contributed by atoms with Crippen LogP contribution in [0.5, 0.6) is 0 Å². The van der Waals surface area contributed by atoms with Crippen molar-refractivity contribution in [3.05, 3.63) is 47.5 Å². The highest BCUT2D eigenvalue weighted by atomic mass is 15.3. The van der Waals surface area contributed by atoms with Crippen molar-refractivity contribution in [2.75, 3.05) is 19.6 Å². The zero-order chi connectivity index (χ0) is 17.3. The van der Waals surface area contributed by atoms with E-state index in [0.717, 1.165) is 56.0 Å². The molecule has 1 aromatic carbocycles. The van der Waals surface area contributed by atoms with Crippen molar-refractivity contribution < 1.29 is 0 Å². The number of nitrogens with one attached hydrogen (secondary N) is 2. The normalized spacial score (nSPS) is 21.2. The molecule has 4 heterocycles. The van der Waals surface area contributed by atoms with Gasteiger partial charge in [0.25, 0.3) is 0 Å². The summed E-state index contributed by atoms with van der Waals surface area (Å²) in [6, 6.07) is 10.6. The second-order valence-corrected chi connectivity index (χ2v) is 7.68. The van der Waals surface area contributed by atoms with Gasteiger partial charge in [0.1, 0.15) is 5.82 Å². The Hall–Kier alpha value is -2.18. The number of piperidine rings is 1. The Morgan fingerprint density at radius 1 is 1.19 bits per heavy atom. The molecule has 1 saturated heterocycles. The van der Waals surface area contributed by atoms with Crippen molar-refractivity contribution in [3.63, 3.8) is 0 Å². The Morgan fingerprint density at radius 2 is 2.15 bits per heavy atom. The summed E-state index contributed by atoms with van der Waals surface area (Å²) < 4.78 is 2.17. The number of fused-ring (bicyclic) bond motifs is 2. The molecule has 2 aromatic heterocycles. The lowest BCUT2D eigenvalue weighted by Crippen LogP contribution is -2.36. The van der Waals surface area contributed by atoms with Gasteiger partial charge in [-0.1, -0.05) is 12.1 Å². The fraction of sp³-hybridized carbons (Fsp3) is 0.500. The molecule has 0 bridgehead atoms. The maximum absolute atomic E-state index is 4.80. The van der Waals surface area contributed by atoms with Crippen molar-refractivity contribution in [2.45, 2.75) is 38.9 Å². The molecule has 2 aliphatic heterocycles. The van der Waals surface area contributed by atoms with E-state index in [9.17, 15) is 0 Å². The minimum Gasteiger partial charge on any atom is -0.342 e. The van der Waals surface area contributed by atoms with Crippen LogP contribution in [0.25, 0.3) is 11.0 Å². The van der Waals surface area contributed by atoms with Crippen molar-refractivity contribution in [2.24, 2.45) is 5.92 Å². The van der Waals surface area contributed by atoms with Gasteiger partial charge in [0, 0.05) is 32.6 Å². The van der Waals surface area contributed by atoms with Gasteiger partial charge in [-0.3, -0.25) is 9.58 Å². The average Bonchev–Trinajstić information content (AvgIpc) is 3.24. The molecule has 6 nitrogen and oxygen atoms in total. The van der Waals surface area contributed by atoms with E-state index in [0.29, 0.717) is 5.92 Å². The summed E-state index contributed by atoms with van der Waals surface area (Å²) in [6.07, 6.45) is 3.59. The number of imidazole rings is 1. The van der Waals surface area contributed by atoms with Crippen LogP contribution in [0.2, 0.25) is 0 Å². The second kappa shape index (κ2) is 6.85. The third kappa shape index (κ3) is 3.27. The lowest BCUT2D eigenvalue weighted by Gasteiger charge is -2.31. The molecule has 0 aliphatic carbocycles. The van der Waals surface area contributed by atoms with Crippen molar-refractivity contribution >= 4 is 11.0 Å². The molecule has 0 spiro atoms. The van der Waals surface area contributed by atoms with Gasteiger partial charge in [0.05, 0.1) is 29.0 Å². The highest BCUT2D eigenvalue weighted by Gasteiger charge is 2.22. The molecule has 0 radical (unpaired) electrons. The SMILES string of the molecule is c1ccc2[nH]c(C[C@@H]3CCCN(Cc4cc5n(n4)CCNC5)C3)nc2c1. The largest absolute Gasteiger partial charge is 0.342 e. The zero-order valence-electron chi connectivity index (χ0n) is 15.1. The third-order valence-corrected chi connectivity index (χ3v) is 5.63. The first-order chi connectivity index (χ1) is 12.8. The van der Waals surface area contributed by atoms with E-state index >= 15 is 0 Å². The van der Waals surface area contributed by atoms with E-state index in [-0.39, 0.29) is 0 Å². The Morgan fingerprint density at radius 3 is 3.08 bits per heavy atom. The maximum atomic E-state index is 4.80. The van der Waals surface area contributed by atoms with Crippen LogP contribution in [0.4, 0.5) is 0 Å². The van der Waals surface area contributed by atoms with E-state index in [2.05, 4.69) is 50.2 Å². The number of hydrogen-bond donors (Lipinski definition) is 2. The standard InChI is InChI=1S/C20H26N6/c1-2-6-19-18(5-1)22-20(23-19)10-15-4-3-8-25(13-15)14-16-11-17-12-21-7-9-26(17)24-16/h1-2,5-6,11,15,21H,3-4,7-10,12-14H2,(H,22,23)/t15-/m0/s1. The van der Waals surface area contributed by atoms with Gasteiger partial charge in [0.2, 0.25) is 0 Å². The summed E-state index contributed by atoms with van der Waals surface area (Å²) >= 11 is 0. The number of likely N-dealkylation sites (tertiary alicyclic amines) is 1. The first-order valence-corrected chi connectivity index (χ1v) is 9.76. The summed E-state index contributed by atoms with van der Waals surface area (Å²) in [5.41, 5.74) is 4.76.